The van der Waals surface area contributed by atoms with Crippen LogP contribution in [-0.2, 0) is 9.84 Å². The molecule has 0 spiro atoms. The van der Waals surface area contributed by atoms with E-state index >= 15 is 0 Å². The highest BCUT2D eigenvalue weighted by atomic mass is 32.2. The summed E-state index contributed by atoms with van der Waals surface area (Å²) in [4.78, 5) is 4.40. The van der Waals surface area contributed by atoms with Crippen molar-refractivity contribution in [2.45, 2.75) is 38.6 Å². The predicted molar refractivity (Wildman–Crippen MR) is 78.0 cm³/mol. The number of hydrogen-bond donors (Lipinski definition) is 1. The molecule has 1 saturated carbocycles. The van der Waals surface area contributed by atoms with Crippen LogP contribution in [0.1, 0.15) is 32.6 Å². The summed E-state index contributed by atoms with van der Waals surface area (Å²) in [7, 11) is -2.89. The molecule has 0 radical (unpaired) electrons. The van der Waals surface area contributed by atoms with Crippen LogP contribution in [0.5, 0.6) is 0 Å². The Labute approximate surface area is 114 Å². The van der Waals surface area contributed by atoms with E-state index in [4.69, 9.17) is 0 Å². The Kier molecular flexibility index (Phi) is 4.95. The number of nitrogens with one attached hydrogen (secondary N) is 1. The smallest absolute Gasteiger partial charge is 0.156 e. The van der Waals surface area contributed by atoms with E-state index in [1.165, 1.54) is 25.7 Å². The summed E-state index contributed by atoms with van der Waals surface area (Å²) in [5, 5.41) is 4.43. The second-order valence-corrected chi connectivity index (χ2v) is 8.51. The van der Waals surface area contributed by atoms with Crippen molar-refractivity contribution in [2.75, 3.05) is 23.8 Å². The van der Waals surface area contributed by atoms with Gasteiger partial charge in [-0.1, -0.05) is 31.5 Å². The zero-order valence-corrected chi connectivity index (χ0v) is 12.5. The highest BCUT2D eigenvalue weighted by Gasteiger charge is 2.30. The number of fused-ring (bicyclic) bond motifs is 1. The van der Waals surface area contributed by atoms with Gasteiger partial charge in [0.15, 0.2) is 15.0 Å². The van der Waals surface area contributed by atoms with Crippen LogP contribution >= 0.6 is 11.8 Å². The fourth-order valence-corrected chi connectivity index (χ4v) is 4.35. The van der Waals surface area contributed by atoms with Crippen LogP contribution in [0, 0.1) is 5.92 Å². The highest BCUT2D eigenvalue weighted by molar-refractivity contribution is 8.13. The summed E-state index contributed by atoms with van der Waals surface area (Å²) in [6.07, 6.45) is 5.21. The summed E-state index contributed by atoms with van der Waals surface area (Å²) in [5.74, 6) is 2.30. The minimum absolute atomic E-state index is 0.170. The first-order valence-electron chi connectivity index (χ1n) is 6.75. The summed E-state index contributed by atoms with van der Waals surface area (Å²) >= 11 is 1.75. The van der Waals surface area contributed by atoms with Gasteiger partial charge in [0.2, 0.25) is 0 Å². The van der Waals surface area contributed by atoms with Crippen molar-refractivity contribution in [2.24, 2.45) is 10.9 Å². The molecule has 2 rings (SSSR count). The average Bonchev–Trinajstić information content (AvgIpc) is 2.38. The van der Waals surface area contributed by atoms with Gasteiger partial charge in [0.05, 0.1) is 12.3 Å². The molecule has 6 heteroatoms. The van der Waals surface area contributed by atoms with Gasteiger partial charge < -0.3 is 5.32 Å². The number of sulfone groups is 1. The molecule has 1 aliphatic carbocycles. The number of thioether (sulfide) groups is 1. The number of amidine groups is 1. The van der Waals surface area contributed by atoms with E-state index < -0.39 is 9.84 Å². The highest BCUT2D eigenvalue weighted by Crippen LogP contribution is 2.31. The molecule has 2 atom stereocenters. The fourth-order valence-electron chi connectivity index (χ4n) is 2.51. The second-order valence-electron chi connectivity index (χ2n) is 5.03. The minimum atomic E-state index is -2.89. The van der Waals surface area contributed by atoms with Gasteiger partial charge in [-0.3, -0.25) is 4.99 Å². The zero-order chi connectivity index (χ0) is 13.0. The molecule has 1 saturated heterocycles. The molecular weight excluding hydrogens is 268 g/mol. The maximum atomic E-state index is 11.4. The van der Waals surface area contributed by atoms with Gasteiger partial charge >= 0.3 is 0 Å². The molecule has 1 N–H and O–H groups in total. The summed E-state index contributed by atoms with van der Waals surface area (Å²) in [6.45, 7) is 2.08. The van der Waals surface area contributed by atoms with Gasteiger partial charge in [0.1, 0.15) is 0 Å². The van der Waals surface area contributed by atoms with Crippen molar-refractivity contribution in [1.82, 2.24) is 5.32 Å². The first kappa shape index (κ1) is 14.2. The molecular formula is C12H22N2O2S2. The third kappa shape index (κ3) is 3.88. The van der Waals surface area contributed by atoms with Crippen molar-refractivity contribution in [3.63, 3.8) is 0 Å². The summed E-state index contributed by atoms with van der Waals surface area (Å²) in [5.41, 5.74) is 0. The van der Waals surface area contributed by atoms with E-state index in [0.29, 0.717) is 12.6 Å². The Morgan fingerprint density at radius 2 is 2.17 bits per heavy atom. The Hall–Kier alpha value is -0.230. The van der Waals surface area contributed by atoms with Crippen molar-refractivity contribution < 1.29 is 8.42 Å². The first-order valence-corrected chi connectivity index (χ1v) is 9.55. The normalized spacial score (nSPS) is 30.8. The lowest BCUT2D eigenvalue weighted by Crippen LogP contribution is -2.46. The van der Waals surface area contributed by atoms with E-state index in [1.54, 1.807) is 18.7 Å². The third-order valence-corrected chi connectivity index (χ3v) is 6.55. The lowest BCUT2D eigenvalue weighted by atomic mass is 9.86. The van der Waals surface area contributed by atoms with Crippen LogP contribution in [0.25, 0.3) is 0 Å². The Balaban J connectivity index is 1.83. The van der Waals surface area contributed by atoms with Crippen molar-refractivity contribution in [3.05, 3.63) is 0 Å². The molecule has 104 valence electrons. The molecule has 2 fully saturated rings. The van der Waals surface area contributed by atoms with Gasteiger partial charge in [-0.2, -0.15) is 0 Å². The monoisotopic (exact) mass is 290 g/mol. The molecule has 0 bridgehead atoms. The molecule has 0 aromatic heterocycles. The molecule has 0 amide bonds. The molecule has 2 unspecified atom stereocenters. The van der Waals surface area contributed by atoms with Gasteiger partial charge in [-0.25, -0.2) is 8.42 Å². The molecule has 4 nitrogen and oxygen atoms in total. The van der Waals surface area contributed by atoms with Crippen molar-refractivity contribution >= 4 is 26.8 Å². The lowest BCUT2D eigenvalue weighted by Gasteiger charge is -2.36. The van der Waals surface area contributed by atoms with Gasteiger partial charge in [-0.15, -0.1) is 0 Å². The number of rotatable bonds is 4. The van der Waals surface area contributed by atoms with Crippen LogP contribution in [0.4, 0.5) is 0 Å². The Bertz CT molecular complexity index is 406. The minimum Gasteiger partial charge on any atom is -0.362 e. The molecule has 1 aliphatic heterocycles. The van der Waals surface area contributed by atoms with E-state index in [-0.39, 0.29) is 11.5 Å². The topological polar surface area (TPSA) is 58.5 Å². The zero-order valence-electron chi connectivity index (χ0n) is 10.9. The van der Waals surface area contributed by atoms with E-state index in [9.17, 15) is 8.42 Å². The third-order valence-electron chi connectivity index (χ3n) is 3.75. The second kappa shape index (κ2) is 6.28. The van der Waals surface area contributed by atoms with Gasteiger partial charge in [0, 0.05) is 17.5 Å². The maximum absolute atomic E-state index is 11.4. The molecule has 0 aromatic rings. The largest absolute Gasteiger partial charge is 0.362 e. The molecule has 0 aromatic carbocycles. The van der Waals surface area contributed by atoms with E-state index in [2.05, 4.69) is 10.3 Å². The number of nitrogens with zero attached hydrogens (tertiary/aromatic N) is 1. The van der Waals surface area contributed by atoms with Crippen LogP contribution in [-0.4, -0.2) is 43.4 Å². The van der Waals surface area contributed by atoms with Gasteiger partial charge in [-0.05, 0) is 18.8 Å². The fraction of sp³-hybridized carbons (Fsp3) is 0.917. The van der Waals surface area contributed by atoms with Gasteiger partial charge in [0.25, 0.3) is 0 Å². The van der Waals surface area contributed by atoms with Crippen LogP contribution in [0.3, 0.4) is 0 Å². The predicted octanol–water partition coefficient (Wildman–Crippen LogP) is 1.67. The first-order chi connectivity index (χ1) is 8.61. The van der Waals surface area contributed by atoms with Crippen molar-refractivity contribution in [3.8, 4) is 0 Å². The summed E-state index contributed by atoms with van der Waals surface area (Å²) < 4.78 is 22.7. The van der Waals surface area contributed by atoms with Crippen molar-refractivity contribution in [1.29, 1.82) is 0 Å². The molecule has 1 heterocycles. The quantitative estimate of drug-likeness (QED) is 0.855. The van der Waals surface area contributed by atoms with E-state index in [1.807, 2.05) is 0 Å². The standard InChI is InChI=1S/C12H22N2O2S2/c1-2-18(15,16)8-7-13-12-14-11-6-4-3-5-10(11)9-17-12/h10-11H,2-9H2,1H3,(H,13,14). The maximum Gasteiger partial charge on any atom is 0.156 e. The van der Waals surface area contributed by atoms with Crippen LogP contribution < -0.4 is 5.32 Å². The number of aliphatic imine (C=N–C) groups is 1. The SMILES string of the molecule is CCS(=O)(=O)CCN=C1NC2CCCCC2CS1. The molecule has 18 heavy (non-hydrogen) atoms. The number of hydrogen-bond acceptors (Lipinski definition) is 4. The van der Waals surface area contributed by atoms with Crippen LogP contribution in [0.15, 0.2) is 4.99 Å². The lowest BCUT2D eigenvalue weighted by molar-refractivity contribution is 0.311. The average molecular weight is 290 g/mol. The van der Waals surface area contributed by atoms with E-state index in [0.717, 1.165) is 16.8 Å². The van der Waals surface area contributed by atoms with Crippen LogP contribution in [0.2, 0.25) is 0 Å². The molecule has 2 aliphatic rings. The summed E-state index contributed by atoms with van der Waals surface area (Å²) in [6, 6.07) is 0.571. The Morgan fingerprint density at radius 3 is 2.94 bits per heavy atom. The Morgan fingerprint density at radius 1 is 1.39 bits per heavy atom.